The standard InChI is InChI=1S/C14H10BrFO3/c1-8-10(4-5-19-8)13(17)7-14(18)11-3-2-9(15)6-12(11)16/h2-6H,7H2,1H3. The molecule has 0 aliphatic heterocycles. The Morgan fingerprint density at radius 1 is 1.21 bits per heavy atom. The smallest absolute Gasteiger partial charge is 0.174 e. The van der Waals surface area contributed by atoms with Gasteiger partial charge in [0.1, 0.15) is 11.6 Å². The number of hydrogen-bond acceptors (Lipinski definition) is 3. The van der Waals surface area contributed by atoms with Crippen LogP contribution in [0.25, 0.3) is 0 Å². The highest BCUT2D eigenvalue weighted by Crippen LogP contribution is 2.18. The van der Waals surface area contributed by atoms with Crippen LogP contribution in [-0.2, 0) is 0 Å². The Hall–Kier alpha value is -1.75. The van der Waals surface area contributed by atoms with Gasteiger partial charge >= 0.3 is 0 Å². The lowest BCUT2D eigenvalue weighted by atomic mass is 10.0. The molecule has 19 heavy (non-hydrogen) atoms. The summed E-state index contributed by atoms with van der Waals surface area (Å²) in [4.78, 5) is 23.8. The second-order valence-corrected chi connectivity index (χ2v) is 4.95. The van der Waals surface area contributed by atoms with Crippen LogP contribution in [0.15, 0.2) is 39.4 Å². The number of rotatable bonds is 4. The molecule has 0 radical (unpaired) electrons. The lowest BCUT2D eigenvalue weighted by molar-refractivity contribution is 0.0891. The van der Waals surface area contributed by atoms with Crippen molar-refractivity contribution in [2.24, 2.45) is 0 Å². The quantitative estimate of drug-likeness (QED) is 0.632. The van der Waals surface area contributed by atoms with Gasteiger partial charge in [0, 0.05) is 4.47 Å². The Morgan fingerprint density at radius 3 is 2.47 bits per heavy atom. The third-order valence-electron chi connectivity index (χ3n) is 2.71. The summed E-state index contributed by atoms with van der Waals surface area (Å²) in [6, 6.07) is 5.62. The maximum absolute atomic E-state index is 13.6. The molecule has 1 aromatic heterocycles. The number of benzene rings is 1. The number of furan rings is 1. The zero-order valence-electron chi connectivity index (χ0n) is 10.1. The Labute approximate surface area is 117 Å². The number of aryl methyl sites for hydroxylation is 1. The summed E-state index contributed by atoms with van der Waals surface area (Å²) in [6.07, 6.45) is 1.01. The molecule has 3 nitrogen and oxygen atoms in total. The van der Waals surface area contributed by atoms with Gasteiger partial charge in [0.15, 0.2) is 11.6 Å². The van der Waals surface area contributed by atoms with E-state index in [0.29, 0.717) is 15.8 Å². The summed E-state index contributed by atoms with van der Waals surface area (Å²) in [5, 5.41) is 0. The van der Waals surface area contributed by atoms with Crippen molar-refractivity contribution in [2.45, 2.75) is 13.3 Å². The van der Waals surface area contributed by atoms with Crippen LogP contribution in [0.3, 0.4) is 0 Å². The molecule has 1 aromatic carbocycles. The molecular formula is C14H10BrFO3. The van der Waals surface area contributed by atoms with Crippen molar-refractivity contribution < 1.29 is 18.4 Å². The van der Waals surface area contributed by atoms with Gasteiger partial charge in [-0.25, -0.2) is 4.39 Å². The largest absolute Gasteiger partial charge is 0.469 e. The van der Waals surface area contributed by atoms with Gasteiger partial charge in [0.25, 0.3) is 0 Å². The van der Waals surface area contributed by atoms with E-state index in [-0.39, 0.29) is 17.8 Å². The highest BCUT2D eigenvalue weighted by atomic mass is 79.9. The van der Waals surface area contributed by atoms with E-state index in [1.807, 2.05) is 0 Å². The van der Waals surface area contributed by atoms with Crippen LogP contribution < -0.4 is 0 Å². The van der Waals surface area contributed by atoms with Gasteiger partial charge in [-0.3, -0.25) is 9.59 Å². The Balaban J connectivity index is 2.18. The summed E-state index contributed by atoms with van der Waals surface area (Å²) in [6.45, 7) is 1.64. The molecule has 0 N–H and O–H groups in total. The van der Waals surface area contributed by atoms with Crippen LogP contribution in [0.4, 0.5) is 4.39 Å². The minimum Gasteiger partial charge on any atom is -0.469 e. The molecular weight excluding hydrogens is 315 g/mol. The molecule has 0 spiro atoms. The summed E-state index contributed by atoms with van der Waals surface area (Å²) in [5.41, 5.74) is 0.267. The van der Waals surface area contributed by atoms with Crippen LogP contribution in [-0.4, -0.2) is 11.6 Å². The first-order valence-corrected chi connectivity index (χ1v) is 6.34. The minimum absolute atomic E-state index is 0.0855. The third kappa shape index (κ3) is 2.98. The van der Waals surface area contributed by atoms with E-state index in [9.17, 15) is 14.0 Å². The predicted octanol–water partition coefficient (Wildman–Crippen LogP) is 3.95. The second kappa shape index (κ2) is 5.48. The van der Waals surface area contributed by atoms with E-state index >= 15 is 0 Å². The lowest BCUT2D eigenvalue weighted by Crippen LogP contribution is -2.10. The van der Waals surface area contributed by atoms with Gasteiger partial charge in [0.2, 0.25) is 0 Å². The van der Waals surface area contributed by atoms with Crippen molar-refractivity contribution in [2.75, 3.05) is 0 Å². The average molecular weight is 325 g/mol. The number of hydrogen-bond donors (Lipinski definition) is 0. The fraction of sp³-hybridized carbons (Fsp3) is 0.143. The summed E-state index contributed by atoms with van der Waals surface area (Å²) < 4.78 is 19.1. The maximum atomic E-state index is 13.6. The average Bonchev–Trinajstić information content (AvgIpc) is 2.75. The van der Waals surface area contributed by atoms with Gasteiger partial charge in [-0.05, 0) is 31.2 Å². The van der Waals surface area contributed by atoms with Crippen molar-refractivity contribution in [1.82, 2.24) is 0 Å². The number of carbonyl (C=O) groups excluding carboxylic acids is 2. The molecule has 0 atom stereocenters. The molecule has 2 aromatic rings. The normalized spacial score (nSPS) is 10.5. The first-order valence-electron chi connectivity index (χ1n) is 5.54. The van der Waals surface area contributed by atoms with E-state index in [0.717, 1.165) is 0 Å². The van der Waals surface area contributed by atoms with Crippen molar-refractivity contribution in [3.63, 3.8) is 0 Å². The van der Waals surface area contributed by atoms with Crippen molar-refractivity contribution in [1.29, 1.82) is 0 Å². The van der Waals surface area contributed by atoms with Crippen LogP contribution in [0, 0.1) is 12.7 Å². The number of Topliss-reactive ketones (excluding diaryl/α,β-unsaturated/α-hetero) is 2. The number of halogens is 2. The monoisotopic (exact) mass is 324 g/mol. The van der Waals surface area contributed by atoms with E-state index in [4.69, 9.17) is 4.42 Å². The molecule has 0 unspecified atom stereocenters. The molecule has 0 amide bonds. The number of ketones is 2. The first-order chi connectivity index (χ1) is 8.99. The molecule has 0 bridgehead atoms. The summed E-state index contributed by atoms with van der Waals surface area (Å²) in [5.74, 6) is -1.11. The molecule has 0 fully saturated rings. The van der Waals surface area contributed by atoms with Crippen molar-refractivity contribution in [3.8, 4) is 0 Å². The highest BCUT2D eigenvalue weighted by molar-refractivity contribution is 9.10. The van der Waals surface area contributed by atoms with E-state index < -0.39 is 11.6 Å². The third-order valence-corrected chi connectivity index (χ3v) is 3.21. The van der Waals surface area contributed by atoms with Crippen LogP contribution >= 0.6 is 15.9 Å². The minimum atomic E-state index is -0.643. The Kier molecular flexibility index (Phi) is 3.95. The van der Waals surface area contributed by atoms with E-state index in [1.165, 1.54) is 24.5 Å². The SMILES string of the molecule is Cc1occc1C(=O)CC(=O)c1ccc(Br)cc1F. The van der Waals surface area contributed by atoms with Crippen molar-refractivity contribution in [3.05, 3.63) is 57.7 Å². The van der Waals surface area contributed by atoms with Crippen molar-refractivity contribution >= 4 is 27.5 Å². The predicted molar refractivity (Wildman–Crippen MR) is 70.8 cm³/mol. The molecule has 1 heterocycles. The van der Waals surface area contributed by atoms with E-state index in [1.54, 1.807) is 13.0 Å². The van der Waals surface area contributed by atoms with Gasteiger partial charge in [-0.1, -0.05) is 15.9 Å². The van der Waals surface area contributed by atoms with Crippen LogP contribution in [0.2, 0.25) is 0 Å². The maximum Gasteiger partial charge on any atom is 0.174 e. The number of carbonyl (C=O) groups is 2. The highest BCUT2D eigenvalue weighted by Gasteiger charge is 2.19. The molecule has 98 valence electrons. The zero-order chi connectivity index (χ0) is 14.0. The Bertz CT molecular complexity index is 646. The molecule has 0 aliphatic rings. The Morgan fingerprint density at radius 2 is 1.89 bits per heavy atom. The van der Waals surface area contributed by atoms with Crippen LogP contribution in [0.1, 0.15) is 32.9 Å². The first kappa shape index (κ1) is 13.7. The van der Waals surface area contributed by atoms with Gasteiger partial charge in [-0.2, -0.15) is 0 Å². The molecule has 0 aliphatic carbocycles. The van der Waals surface area contributed by atoms with E-state index in [2.05, 4.69) is 15.9 Å². The molecule has 5 heteroatoms. The molecule has 0 saturated heterocycles. The molecule has 0 saturated carbocycles. The van der Waals surface area contributed by atoms with Gasteiger partial charge in [-0.15, -0.1) is 0 Å². The van der Waals surface area contributed by atoms with Gasteiger partial charge in [0.05, 0.1) is 23.8 Å². The summed E-state index contributed by atoms with van der Waals surface area (Å²) in [7, 11) is 0. The fourth-order valence-electron chi connectivity index (χ4n) is 1.73. The van der Waals surface area contributed by atoms with Crippen LogP contribution in [0.5, 0.6) is 0 Å². The topological polar surface area (TPSA) is 47.3 Å². The molecule has 2 rings (SSSR count). The van der Waals surface area contributed by atoms with Gasteiger partial charge < -0.3 is 4.42 Å². The fourth-order valence-corrected chi connectivity index (χ4v) is 2.06. The second-order valence-electron chi connectivity index (χ2n) is 4.04. The zero-order valence-corrected chi connectivity index (χ0v) is 11.7. The lowest BCUT2D eigenvalue weighted by Gasteiger charge is -2.02. The summed E-state index contributed by atoms with van der Waals surface area (Å²) >= 11 is 3.11.